The predicted octanol–water partition coefficient (Wildman–Crippen LogP) is -2.04. The molecule has 0 heterocycles. The molecule has 0 aliphatic carbocycles. The van der Waals surface area contributed by atoms with Crippen LogP contribution in [-0.4, -0.2) is 69.1 Å². The van der Waals surface area contributed by atoms with Crippen LogP contribution in [0.25, 0.3) is 0 Å². The first-order valence-electron chi connectivity index (χ1n) is 8.44. The summed E-state index contributed by atoms with van der Waals surface area (Å²) in [6.45, 7) is 1.62. The van der Waals surface area contributed by atoms with Crippen molar-refractivity contribution < 1.29 is 33.4 Å². The summed E-state index contributed by atoms with van der Waals surface area (Å²) in [7, 11) is 2.42. The summed E-state index contributed by atoms with van der Waals surface area (Å²) in [6, 6.07) is -2.07. The summed E-state index contributed by atoms with van der Waals surface area (Å²) < 4.78 is 9.05. The summed E-state index contributed by atoms with van der Waals surface area (Å²) >= 11 is 0. The number of esters is 2. The van der Waals surface area contributed by atoms with Crippen molar-refractivity contribution >= 4 is 29.7 Å². The number of hydrogen-bond donors (Lipinski definition) is 4. The first-order chi connectivity index (χ1) is 12.7. The summed E-state index contributed by atoms with van der Waals surface area (Å²) in [5.74, 6) is -2.73. The Morgan fingerprint density at radius 1 is 0.852 bits per heavy atom. The fraction of sp³-hybridized carbons (Fsp3) is 0.688. The Hall–Kier alpha value is -2.69. The highest BCUT2D eigenvalue weighted by molar-refractivity contribution is 5.92. The molecule has 0 rings (SSSR count). The second-order valence-electron chi connectivity index (χ2n) is 5.62. The molecule has 0 aromatic rings. The summed E-state index contributed by atoms with van der Waals surface area (Å²) in [5, 5.41) is 7.43. The minimum atomic E-state index is -1.04. The second-order valence-corrected chi connectivity index (χ2v) is 5.62. The van der Waals surface area contributed by atoms with Gasteiger partial charge in [-0.3, -0.25) is 24.0 Å². The first-order valence-corrected chi connectivity index (χ1v) is 8.44. The molecule has 2 unspecified atom stereocenters. The lowest BCUT2D eigenvalue weighted by atomic mass is 10.1. The molecule has 0 aromatic heterocycles. The van der Waals surface area contributed by atoms with Gasteiger partial charge < -0.3 is 31.2 Å². The Balaban J connectivity index is 5.07. The number of ether oxygens (including phenoxy) is 2. The van der Waals surface area contributed by atoms with Crippen molar-refractivity contribution in [2.24, 2.45) is 5.73 Å². The summed E-state index contributed by atoms with van der Waals surface area (Å²) in [4.78, 5) is 58.6. The van der Waals surface area contributed by atoms with Gasteiger partial charge in [-0.05, 0) is 12.8 Å². The standard InChI is InChI=1S/C16H28N4O7/c1-10(21)19-12(5-7-14(23)27-3)16(25)20-11(4-6-13(22)26-2)15(24)18-9-8-17/h11-12H,4-9,17H2,1-3H3,(H,18,24)(H,19,21)(H,20,25). The van der Waals surface area contributed by atoms with Gasteiger partial charge in [0, 0.05) is 32.9 Å². The van der Waals surface area contributed by atoms with Crippen LogP contribution in [0.3, 0.4) is 0 Å². The van der Waals surface area contributed by atoms with Crippen LogP contribution in [-0.2, 0) is 33.4 Å². The number of nitrogens with one attached hydrogen (secondary N) is 3. The lowest BCUT2D eigenvalue weighted by Crippen LogP contribution is -2.54. The molecule has 0 saturated carbocycles. The Kier molecular flexibility index (Phi) is 12.2. The molecule has 27 heavy (non-hydrogen) atoms. The number of methoxy groups -OCH3 is 2. The van der Waals surface area contributed by atoms with E-state index in [-0.39, 0.29) is 38.8 Å². The molecule has 0 aliphatic heterocycles. The zero-order valence-corrected chi connectivity index (χ0v) is 15.8. The van der Waals surface area contributed by atoms with E-state index in [0.717, 1.165) is 0 Å². The third-order valence-electron chi connectivity index (χ3n) is 3.50. The topological polar surface area (TPSA) is 166 Å². The Morgan fingerprint density at radius 2 is 1.33 bits per heavy atom. The molecular formula is C16H28N4O7. The van der Waals surface area contributed by atoms with E-state index >= 15 is 0 Å². The van der Waals surface area contributed by atoms with Gasteiger partial charge >= 0.3 is 11.9 Å². The Morgan fingerprint density at radius 3 is 1.74 bits per heavy atom. The molecule has 154 valence electrons. The largest absolute Gasteiger partial charge is 0.469 e. The highest BCUT2D eigenvalue weighted by atomic mass is 16.5. The number of rotatable bonds is 12. The molecule has 0 saturated heterocycles. The minimum Gasteiger partial charge on any atom is -0.469 e. The number of carbonyl (C=O) groups excluding carboxylic acids is 5. The van der Waals surface area contributed by atoms with Gasteiger partial charge in [0.2, 0.25) is 17.7 Å². The SMILES string of the molecule is COC(=O)CCC(NC(C)=O)C(=O)NC(CCC(=O)OC)C(=O)NCCN. The zero-order chi connectivity index (χ0) is 20.8. The molecular weight excluding hydrogens is 360 g/mol. The highest BCUT2D eigenvalue weighted by Crippen LogP contribution is 2.04. The maximum absolute atomic E-state index is 12.5. The van der Waals surface area contributed by atoms with Crippen molar-refractivity contribution in [1.29, 1.82) is 0 Å². The average Bonchev–Trinajstić information content (AvgIpc) is 2.64. The first kappa shape index (κ1) is 24.3. The number of hydrogen-bond acceptors (Lipinski definition) is 8. The van der Waals surface area contributed by atoms with E-state index in [2.05, 4.69) is 25.4 Å². The monoisotopic (exact) mass is 388 g/mol. The molecule has 2 atom stereocenters. The van der Waals surface area contributed by atoms with Crippen LogP contribution in [0.15, 0.2) is 0 Å². The van der Waals surface area contributed by atoms with Crippen molar-refractivity contribution in [1.82, 2.24) is 16.0 Å². The second kappa shape index (κ2) is 13.5. The molecule has 3 amide bonds. The summed E-state index contributed by atoms with van der Waals surface area (Å²) in [5.41, 5.74) is 5.34. The van der Waals surface area contributed by atoms with E-state index in [1.807, 2.05) is 0 Å². The zero-order valence-electron chi connectivity index (χ0n) is 15.8. The van der Waals surface area contributed by atoms with Crippen LogP contribution in [0.5, 0.6) is 0 Å². The van der Waals surface area contributed by atoms with E-state index in [0.29, 0.717) is 0 Å². The minimum absolute atomic E-state index is 0.00138. The predicted molar refractivity (Wildman–Crippen MR) is 94.1 cm³/mol. The highest BCUT2D eigenvalue weighted by Gasteiger charge is 2.27. The van der Waals surface area contributed by atoms with E-state index in [1.54, 1.807) is 0 Å². The van der Waals surface area contributed by atoms with Crippen LogP contribution in [0.4, 0.5) is 0 Å². The molecule has 0 spiro atoms. The maximum Gasteiger partial charge on any atom is 0.305 e. The number of nitrogens with two attached hydrogens (primary N) is 1. The molecule has 5 N–H and O–H groups in total. The van der Waals surface area contributed by atoms with Crippen LogP contribution in [0.2, 0.25) is 0 Å². The van der Waals surface area contributed by atoms with Gasteiger partial charge in [-0.2, -0.15) is 0 Å². The van der Waals surface area contributed by atoms with Crippen molar-refractivity contribution in [2.45, 2.75) is 44.7 Å². The van der Waals surface area contributed by atoms with Crippen LogP contribution in [0.1, 0.15) is 32.6 Å². The van der Waals surface area contributed by atoms with Crippen molar-refractivity contribution in [2.75, 3.05) is 27.3 Å². The summed E-state index contributed by atoms with van der Waals surface area (Å²) in [6.07, 6.45) is -0.198. The molecule has 0 aromatic carbocycles. The molecule has 0 fully saturated rings. The Bertz CT molecular complexity index is 539. The van der Waals surface area contributed by atoms with Gasteiger partial charge in [0.05, 0.1) is 14.2 Å². The lowest BCUT2D eigenvalue weighted by Gasteiger charge is -2.22. The van der Waals surface area contributed by atoms with E-state index in [4.69, 9.17) is 5.73 Å². The van der Waals surface area contributed by atoms with Gasteiger partial charge in [-0.15, -0.1) is 0 Å². The average molecular weight is 388 g/mol. The smallest absolute Gasteiger partial charge is 0.305 e. The van der Waals surface area contributed by atoms with Gasteiger partial charge in [0.25, 0.3) is 0 Å². The van der Waals surface area contributed by atoms with Gasteiger partial charge in [-0.25, -0.2) is 0 Å². The molecule has 11 nitrogen and oxygen atoms in total. The van der Waals surface area contributed by atoms with Crippen LogP contribution >= 0.6 is 0 Å². The van der Waals surface area contributed by atoms with Crippen LogP contribution in [0, 0.1) is 0 Å². The fourth-order valence-corrected chi connectivity index (χ4v) is 2.10. The fourth-order valence-electron chi connectivity index (χ4n) is 2.10. The quantitative estimate of drug-likeness (QED) is 0.277. The van der Waals surface area contributed by atoms with Gasteiger partial charge in [-0.1, -0.05) is 0 Å². The lowest BCUT2D eigenvalue weighted by molar-refractivity contribution is -0.142. The molecule has 0 radical (unpaired) electrons. The van der Waals surface area contributed by atoms with Gasteiger partial charge in [0.1, 0.15) is 12.1 Å². The van der Waals surface area contributed by atoms with E-state index in [1.165, 1.54) is 21.1 Å². The van der Waals surface area contributed by atoms with Gasteiger partial charge in [0.15, 0.2) is 0 Å². The number of carbonyl (C=O) groups is 5. The molecule has 11 heteroatoms. The van der Waals surface area contributed by atoms with Crippen molar-refractivity contribution in [3.05, 3.63) is 0 Å². The van der Waals surface area contributed by atoms with Crippen molar-refractivity contribution in [3.8, 4) is 0 Å². The third kappa shape index (κ3) is 10.8. The maximum atomic E-state index is 12.5. The Labute approximate surface area is 157 Å². The van der Waals surface area contributed by atoms with Crippen molar-refractivity contribution in [3.63, 3.8) is 0 Å². The van der Waals surface area contributed by atoms with Crippen LogP contribution < -0.4 is 21.7 Å². The molecule has 0 bridgehead atoms. The number of amides is 3. The van der Waals surface area contributed by atoms with E-state index < -0.39 is 41.7 Å². The molecule has 0 aliphatic rings. The third-order valence-corrected chi connectivity index (χ3v) is 3.50. The normalized spacial score (nSPS) is 12.3. The van der Waals surface area contributed by atoms with E-state index in [9.17, 15) is 24.0 Å².